The molecule has 120 valence electrons. The lowest BCUT2D eigenvalue weighted by atomic mass is 9.66. The minimum Gasteiger partial charge on any atom is -0.497 e. The van der Waals surface area contributed by atoms with Crippen LogP contribution in [-0.2, 0) is 4.74 Å². The molecule has 0 bridgehead atoms. The van der Waals surface area contributed by atoms with Gasteiger partial charge in [0.15, 0.2) is 0 Å². The summed E-state index contributed by atoms with van der Waals surface area (Å²) in [4.78, 5) is 0. The summed E-state index contributed by atoms with van der Waals surface area (Å²) in [6.45, 7) is 9.40. The van der Waals surface area contributed by atoms with Crippen molar-refractivity contribution in [3.05, 3.63) is 35.4 Å². The van der Waals surface area contributed by atoms with Crippen LogP contribution in [0.4, 0.5) is 0 Å². The van der Waals surface area contributed by atoms with Gasteiger partial charge in [0.05, 0.1) is 7.11 Å². The third kappa shape index (κ3) is 2.24. The number of hydrogen-bond acceptors (Lipinski definition) is 2. The summed E-state index contributed by atoms with van der Waals surface area (Å²) in [7, 11) is 1.72. The molecule has 1 aromatic rings. The Hall–Kier alpha value is -1.44. The molecule has 0 spiro atoms. The molecule has 0 aromatic heterocycles. The highest BCUT2D eigenvalue weighted by molar-refractivity contribution is 5.69. The minimum atomic E-state index is 0.159. The van der Waals surface area contributed by atoms with Gasteiger partial charge < -0.3 is 9.47 Å². The van der Waals surface area contributed by atoms with Crippen molar-refractivity contribution < 1.29 is 9.47 Å². The smallest absolute Gasteiger partial charge is 0.127 e. The van der Waals surface area contributed by atoms with Crippen LogP contribution in [0.1, 0.15) is 58.9 Å². The summed E-state index contributed by atoms with van der Waals surface area (Å²) in [5.74, 6) is 2.00. The topological polar surface area (TPSA) is 18.5 Å². The van der Waals surface area contributed by atoms with E-state index in [4.69, 9.17) is 9.47 Å². The van der Waals surface area contributed by atoms with Crippen molar-refractivity contribution in [2.75, 3.05) is 7.11 Å². The molecule has 1 heterocycles. The normalized spacial score (nSPS) is 27.8. The van der Waals surface area contributed by atoms with Gasteiger partial charge in [-0.25, -0.2) is 0 Å². The maximum Gasteiger partial charge on any atom is 0.127 e. The average molecular weight is 300 g/mol. The first-order valence-electron chi connectivity index (χ1n) is 8.48. The second kappa shape index (κ2) is 5.33. The molecule has 2 nitrogen and oxygen atoms in total. The number of methoxy groups -OCH3 is 1. The number of ether oxygens (including phenoxy) is 2. The van der Waals surface area contributed by atoms with Crippen molar-refractivity contribution in [3.8, 4) is 5.75 Å². The van der Waals surface area contributed by atoms with Gasteiger partial charge in [0.1, 0.15) is 17.6 Å². The Labute approximate surface area is 134 Å². The van der Waals surface area contributed by atoms with E-state index in [1.54, 1.807) is 7.11 Å². The summed E-state index contributed by atoms with van der Waals surface area (Å²) in [6.07, 6.45) is 5.16. The maximum atomic E-state index is 6.50. The summed E-state index contributed by atoms with van der Waals surface area (Å²) in [6, 6.07) is 8.29. The average Bonchev–Trinajstić information content (AvgIpc) is 3.00. The molecule has 0 saturated heterocycles. The quantitative estimate of drug-likeness (QED) is 0.738. The van der Waals surface area contributed by atoms with Gasteiger partial charge >= 0.3 is 0 Å². The van der Waals surface area contributed by atoms with Crippen molar-refractivity contribution in [2.45, 2.75) is 59.5 Å². The Kier molecular flexibility index (Phi) is 3.74. The first-order valence-corrected chi connectivity index (χ1v) is 8.48. The van der Waals surface area contributed by atoms with E-state index >= 15 is 0 Å². The van der Waals surface area contributed by atoms with Crippen LogP contribution in [0.2, 0.25) is 0 Å². The van der Waals surface area contributed by atoms with E-state index in [1.165, 1.54) is 24.8 Å². The molecule has 1 saturated carbocycles. The zero-order valence-electron chi connectivity index (χ0n) is 14.5. The van der Waals surface area contributed by atoms with Crippen LogP contribution in [-0.4, -0.2) is 13.2 Å². The molecule has 0 N–H and O–H groups in total. The van der Waals surface area contributed by atoms with E-state index in [1.807, 2.05) is 6.07 Å². The SMILES string of the molecule is CCC(C)(C)C1=C(c2cccc(OC)c2)OC2CCCC12C. The lowest BCUT2D eigenvalue weighted by Crippen LogP contribution is -2.31. The lowest BCUT2D eigenvalue weighted by molar-refractivity contribution is 0.115. The molecule has 1 fully saturated rings. The van der Waals surface area contributed by atoms with Gasteiger partial charge in [-0.3, -0.25) is 0 Å². The van der Waals surface area contributed by atoms with E-state index in [0.717, 1.165) is 23.5 Å². The van der Waals surface area contributed by atoms with E-state index in [0.29, 0.717) is 6.10 Å². The van der Waals surface area contributed by atoms with Gasteiger partial charge in [-0.1, -0.05) is 39.8 Å². The fraction of sp³-hybridized carbons (Fsp3) is 0.600. The molecule has 0 radical (unpaired) electrons. The van der Waals surface area contributed by atoms with Crippen molar-refractivity contribution in [2.24, 2.45) is 10.8 Å². The summed E-state index contributed by atoms with van der Waals surface area (Å²) in [5.41, 5.74) is 3.02. The van der Waals surface area contributed by atoms with Crippen LogP contribution in [0, 0.1) is 10.8 Å². The molecule has 2 aliphatic rings. The van der Waals surface area contributed by atoms with Crippen LogP contribution in [0.25, 0.3) is 5.76 Å². The monoisotopic (exact) mass is 300 g/mol. The van der Waals surface area contributed by atoms with Gasteiger partial charge in [0.2, 0.25) is 0 Å². The highest BCUT2D eigenvalue weighted by Gasteiger charge is 2.53. The molecule has 2 heteroatoms. The zero-order chi connectivity index (χ0) is 16.0. The van der Waals surface area contributed by atoms with Gasteiger partial charge in [-0.2, -0.15) is 0 Å². The van der Waals surface area contributed by atoms with E-state index in [2.05, 4.69) is 45.9 Å². The van der Waals surface area contributed by atoms with Crippen LogP contribution in [0.15, 0.2) is 29.8 Å². The Morgan fingerprint density at radius 2 is 2.14 bits per heavy atom. The fourth-order valence-corrected chi connectivity index (χ4v) is 4.30. The molecule has 2 unspecified atom stereocenters. The van der Waals surface area contributed by atoms with E-state index in [-0.39, 0.29) is 10.8 Å². The molecule has 22 heavy (non-hydrogen) atoms. The lowest BCUT2D eigenvalue weighted by Gasteiger charge is -2.35. The second-order valence-corrected chi connectivity index (χ2v) is 7.59. The van der Waals surface area contributed by atoms with Crippen LogP contribution >= 0.6 is 0 Å². The van der Waals surface area contributed by atoms with Crippen molar-refractivity contribution in [3.63, 3.8) is 0 Å². The van der Waals surface area contributed by atoms with Gasteiger partial charge in [-0.05, 0) is 48.8 Å². The Morgan fingerprint density at radius 1 is 1.36 bits per heavy atom. The Morgan fingerprint density at radius 3 is 2.82 bits per heavy atom. The summed E-state index contributed by atoms with van der Waals surface area (Å²) in [5, 5.41) is 0. The van der Waals surface area contributed by atoms with E-state index < -0.39 is 0 Å². The fourth-order valence-electron chi connectivity index (χ4n) is 4.30. The largest absolute Gasteiger partial charge is 0.497 e. The van der Waals surface area contributed by atoms with Gasteiger partial charge in [0, 0.05) is 11.0 Å². The maximum absolute atomic E-state index is 6.50. The Bertz CT molecular complexity index is 599. The number of rotatable bonds is 4. The van der Waals surface area contributed by atoms with Crippen molar-refractivity contribution in [1.29, 1.82) is 0 Å². The molecule has 3 rings (SSSR count). The van der Waals surface area contributed by atoms with Crippen LogP contribution in [0.5, 0.6) is 5.75 Å². The third-order valence-electron chi connectivity index (χ3n) is 5.82. The molecule has 0 amide bonds. The number of fused-ring (bicyclic) bond motifs is 1. The predicted octanol–water partition coefficient (Wildman–Crippen LogP) is 5.43. The summed E-state index contributed by atoms with van der Waals surface area (Å²) < 4.78 is 11.9. The highest BCUT2D eigenvalue weighted by Crippen LogP contribution is 2.60. The summed E-state index contributed by atoms with van der Waals surface area (Å²) >= 11 is 0. The molecule has 1 aliphatic carbocycles. The van der Waals surface area contributed by atoms with Crippen LogP contribution in [0.3, 0.4) is 0 Å². The van der Waals surface area contributed by atoms with Crippen molar-refractivity contribution in [1.82, 2.24) is 0 Å². The standard InChI is InChI=1S/C20H28O2/c1-6-19(2,3)18-17(14-9-7-10-15(13-14)21-5)22-16-11-8-12-20(16,18)4/h7,9-10,13,16H,6,8,11-12H2,1-5H3. The predicted molar refractivity (Wildman–Crippen MR) is 90.8 cm³/mol. The number of benzene rings is 1. The van der Waals surface area contributed by atoms with Crippen molar-refractivity contribution >= 4 is 5.76 Å². The highest BCUT2D eigenvalue weighted by atomic mass is 16.5. The Balaban J connectivity index is 2.16. The molecule has 1 aromatic carbocycles. The molecule has 2 atom stereocenters. The molecular weight excluding hydrogens is 272 g/mol. The van der Waals surface area contributed by atoms with Gasteiger partial charge in [0.25, 0.3) is 0 Å². The van der Waals surface area contributed by atoms with Gasteiger partial charge in [-0.15, -0.1) is 0 Å². The first kappa shape index (κ1) is 15.5. The number of hydrogen-bond donors (Lipinski definition) is 0. The van der Waals surface area contributed by atoms with E-state index in [9.17, 15) is 0 Å². The minimum absolute atomic E-state index is 0.159. The zero-order valence-corrected chi connectivity index (χ0v) is 14.5. The third-order valence-corrected chi connectivity index (χ3v) is 5.82. The first-order chi connectivity index (χ1) is 10.4. The molecule has 1 aliphatic heterocycles. The molecular formula is C20H28O2. The second-order valence-electron chi connectivity index (χ2n) is 7.59. The van der Waals surface area contributed by atoms with Crippen LogP contribution < -0.4 is 4.74 Å².